The number of benzene rings is 3. The molecule has 3 amide bonds. The van der Waals surface area contributed by atoms with E-state index >= 15 is 0 Å². The van der Waals surface area contributed by atoms with E-state index in [1.54, 1.807) is 0 Å². The minimum absolute atomic E-state index is 0.111. The highest BCUT2D eigenvalue weighted by atomic mass is 16.5. The predicted molar refractivity (Wildman–Crippen MR) is 177 cm³/mol. The van der Waals surface area contributed by atoms with Crippen LogP contribution in [0.25, 0.3) is 0 Å². The summed E-state index contributed by atoms with van der Waals surface area (Å²) in [5.74, 6) is -1.15. The van der Waals surface area contributed by atoms with Gasteiger partial charge in [0.05, 0.1) is 12.5 Å². The molecule has 3 aromatic carbocycles. The van der Waals surface area contributed by atoms with E-state index in [1.165, 1.54) is 12.0 Å². The number of nitrogens with zero attached hydrogens (tertiary/aromatic N) is 1. The van der Waals surface area contributed by atoms with Gasteiger partial charge in [-0.2, -0.15) is 0 Å². The number of carbonyl (C=O) groups is 3. The Morgan fingerprint density at radius 1 is 0.733 bits per heavy atom. The summed E-state index contributed by atoms with van der Waals surface area (Å²) in [5, 5.41) is 17.6. The van der Waals surface area contributed by atoms with Crippen LogP contribution in [-0.2, 0) is 33.6 Å². The third-order valence-electron chi connectivity index (χ3n) is 8.87. The summed E-state index contributed by atoms with van der Waals surface area (Å²) in [7, 11) is 0. The van der Waals surface area contributed by atoms with Crippen molar-refractivity contribution in [3.63, 3.8) is 0 Å². The van der Waals surface area contributed by atoms with Gasteiger partial charge in [-0.15, -0.1) is 0 Å². The zero-order chi connectivity index (χ0) is 31.7. The number of hydrogen-bond acceptors (Lipinski definition) is 4. The SMILES string of the molecule is O=C(N[C@@H](CC1CCCCC1)C(=O)NCCc1ccccc1)C(CCCc1ccccc1)CN(O)C(=O)CCc1ccccc1. The molecule has 0 radical (unpaired) electrons. The standard InChI is InChI=1S/C38H49N3O4/c42-36(25-24-31-16-7-2-8-17-31)41(45)29-34(23-13-22-30-14-5-1-6-15-30)37(43)40-35(28-33-20-11-4-12-21-33)38(44)39-27-26-32-18-9-3-10-19-32/h1-3,5-10,14-19,33-35,45H,4,11-13,20-29H2,(H,39,44)(H,40,43)/t34?,35-/m0/s1. The Morgan fingerprint density at radius 2 is 1.29 bits per heavy atom. The fourth-order valence-electron chi connectivity index (χ4n) is 6.21. The third-order valence-corrected chi connectivity index (χ3v) is 8.87. The third kappa shape index (κ3) is 12.1. The fraction of sp³-hybridized carbons (Fsp3) is 0.447. The molecule has 240 valence electrons. The van der Waals surface area contributed by atoms with Crippen LogP contribution >= 0.6 is 0 Å². The van der Waals surface area contributed by atoms with Crippen LogP contribution in [0.3, 0.4) is 0 Å². The lowest BCUT2D eigenvalue weighted by atomic mass is 9.84. The number of rotatable bonds is 17. The summed E-state index contributed by atoms with van der Waals surface area (Å²) >= 11 is 0. The Morgan fingerprint density at radius 3 is 1.89 bits per heavy atom. The lowest BCUT2D eigenvalue weighted by Crippen LogP contribution is -2.51. The van der Waals surface area contributed by atoms with Gasteiger partial charge >= 0.3 is 0 Å². The Kier molecular flexibility index (Phi) is 14.1. The quantitative estimate of drug-likeness (QED) is 0.123. The number of hydroxylamine groups is 2. The molecule has 7 nitrogen and oxygen atoms in total. The fourth-order valence-corrected chi connectivity index (χ4v) is 6.21. The van der Waals surface area contributed by atoms with Gasteiger partial charge in [-0.25, -0.2) is 5.06 Å². The average molecular weight is 612 g/mol. The Balaban J connectivity index is 1.40. The van der Waals surface area contributed by atoms with Gasteiger partial charge in [-0.05, 0) is 61.1 Å². The Bertz CT molecular complexity index is 1300. The maximum absolute atomic E-state index is 13.8. The van der Waals surface area contributed by atoms with Gasteiger partial charge in [0, 0.05) is 13.0 Å². The molecule has 3 N–H and O–H groups in total. The first kappa shape index (κ1) is 33.9. The molecule has 0 aromatic heterocycles. The first-order valence-corrected chi connectivity index (χ1v) is 16.7. The first-order valence-electron chi connectivity index (χ1n) is 16.7. The number of aryl methyl sites for hydroxylation is 2. The van der Waals surface area contributed by atoms with Crippen molar-refractivity contribution in [1.82, 2.24) is 15.7 Å². The van der Waals surface area contributed by atoms with Gasteiger partial charge in [0.25, 0.3) is 0 Å². The zero-order valence-electron chi connectivity index (χ0n) is 26.4. The number of carbonyl (C=O) groups excluding carboxylic acids is 3. The molecule has 1 aliphatic carbocycles. The van der Waals surface area contributed by atoms with Crippen molar-refractivity contribution in [3.8, 4) is 0 Å². The smallest absolute Gasteiger partial charge is 0.246 e. The van der Waals surface area contributed by atoms with Crippen molar-refractivity contribution in [2.45, 2.75) is 83.1 Å². The maximum Gasteiger partial charge on any atom is 0.246 e. The predicted octanol–water partition coefficient (Wildman–Crippen LogP) is 6.29. The van der Waals surface area contributed by atoms with E-state index in [2.05, 4.69) is 22.8 Å². The van der Waals surface area contributed by atoms with Gasteiger partial charge in [0.2, 0.25) is 17.7 Å². The summed E-state index contributed by atoms with van der Waals surface area (Å²) in [6.45, 7) is 0.376. The van der Waals surface area contributed by atoms with E-state index in [4.69, 9.17) is 0 Å². The largest absolute Gasteiger partial charge is 0.354 e. The summed E-state index contributed by atoms with van der Waals surface area (Å²) in [6.07, 6.45) is 9.56. The van der Waals surface area contributed by atoms with Crippen LogP contribution in [0.5, 0.6) is 0 Å². The van der Waals surface area contributed by atoms with Crippen LogP contribution in [0.1, 0.15) is 74.5 Å². The molecule has 45 heavy (non-hydrogen) atoms. The van der Waals surface area contributed by atoms with Gasteiger partial charge in [-0.1, -0.05) is 123 Å². The number of hydrogen-bond donors (Lipinski definition) is 3. The van der Waals surface area contributed by atoms with Gasteiger partial charge < -0.3 is 10.6 Å². The molecular formula is C38H49N3O4. The number of amides is 3. The Hall–Kier alpha value is -3.97. The second-order valence-corrected chi connectivity index (χ2v) is 12.4. The molecule has 3 aromatic rings. The molecule has 0 spiro atoms. The van der Waals surface area contributed by atoms with Crippen LogP contribution < -0.4 is 10.6 Å². The van der Waals surface area contributed by atoms with Crippen LogP contribution in [0.4, 0.5) is 0 Å². The van der Waals surface area contributed by atoms with Gasteiger partial charge in [-0.3, -0.25) is 19.6 Å². The van der Waals surface area contributed by atoms with E-state index < -0.39 is 17.9 Å². The molecule has 2 atom stereocenters. The lowest BCUT2D eigenvalue weighted by molar-refractivity contribution is -0.169. The number of nitrogens with one attached hydrogen (secondary N) is 2. The molecule has 0 saturated heterocycles. The van der Waals surface area contributed by atoms with Crippen LogP contribution in [0, 0.1) is 11.8 Å². The van der Waals surface area contributed by atoms with Gasteiger partial charge in [0.15, 0.2) is 0 Å². The molecule has 1 fully saturated rings. The zero-order valence-corrected chi connectivity index (χ0v) is 26.4. The van der Waals surface area contributed by atoms with Crippen molar-refractivity contribution in [3.05, 3.63) is 108 Å². The van der Waals surface area contributed by atoms with Crippen LogP contribution in [0.15, 0.2) is 91.0 Å². The molecule has 1 saturated carbocycles. The molecule has 1 unspecified atom stereocenters. The molecule has 0 heterocycles. The summed E-state index contributed by atoms with van der Waals surface area (Å²) in [4.78, 5) is 40.2. The second kappa shape index (κ2) is 18.7. The maximum atomic E-state index is 13.8. The molecule has 0 aliphatic heterocycles. The highest BCUT2D eigenvalue weighted by molar-refractivity contribution is 5.88. The summed E-state index contributed by atoms with van der Waals surface area (Å²) in [6, 6.07) is 29.1. The highest BCUT2D eigenvalue weighted by Gasteiger charge is 2.30. The molecular weight excluding hydrogens is 562 g/mol. The van der Waals surface area contributed by atoms with Crippen LogP contribution in [0.2, 0.25) is 0 Å². The van der Waals surface area contributed by atoms with E-state index in [9.17, 15) is 19.6 Å². The topological polar surface area (TPSA) is 98.7 Å². The first-order chi connectivity index (χ1) is 22.0. The minimum atomic E-state index is -0.658. The minimum Gasteiger partial charge on any atom is -0.354 e. The van der Waals surface area contributed by atoms with Crippen molar-refractivity contribution in [1.29, 1.82) is 0 Å². The van der Waals surface area contributed by atoms with Crippen molar-refractivity contribution >= 4 is 17.7 Å². The van der Waals surface area contributed by atoms with E-state index in [-0.39, 0.29) is 24.8 Å². The monoisotopic (exact) mass is 611 g/mol. The van der Waals surface area contributed by atoms with E-state index in [0.717, 1.165) is 43.2 Å². The normalized spacial score (nSPS) is 14.7. The second-order valence-electron chi connectivity index (χ2n) is 12.4. The summed E-state index contributed by atoms with van der Waals surface area (Å²) < 4.78 is 0. The van der Waals surface area contributed by atoms with E-state index in [1.807, 2.05) is 78.9 Å². The van der Waals surface area contributed by atoms with E-state index in [0.29, 0.717) is 49.6 Å². The van der Waals surface area contributed by atoms with Crippen LogP contribution in [-0.4, -0.2) is 47.1 Å². The molecule has 0 bridgehead atoms. The molecule has 1 aliphatic rings. The molecule has 4 rings (SSSR count). The average Bonchev–Trinajstić information content (AvgIpc) is 3.08. The molecule has 7 heteroatoms. The van der Waals surface area contributed by atoms with Crippen molar-refractivity contribution < 1.29 is 19.6 Å². The highest BCUT2D eigenvalue weighted by Crippen LogP contribution is 2.27. The van der Waals surface area contributed by atoms with Gasteiger partial charge in [0.1, 0.15) is 6.04 Å². The Labute approximate surface area is 268 Å². The van der Waals surface area contributed by atoms with Crippen molar-refractivity contribution in [2.75, 3.05) is 13.1 Å². The summed E-state index contributed by atoms with van der Waals surface area (Å²) in [5.41, 5.74) is 3.33. The lowest BCUT2D eigenvalue weighted by Gasteiger charge is -2.29. The van der Waals surface area contributed by atoms with Crippen molar-refractivity contribution in [2.24, 2.45) is 11.8 Å².